The van der Waals surface area contributed by atoms with E-state index in [4.69, 9.17) is 0 Å². The Labute approximate surface area is 250 Å². The second kappa shape index (κ2) is 13.2. The van der Waals surface area contributed by atoms with E-state index in [2.05, 4.69) is 5.32 Å². The van der Waals surface area contributed by atoms with Crippen LogP contribution in [0, 0.1) is 0 Å². The Balaban J connectivity index is 1.48. The molecule has 230 valence electrons. The first-order valence-electron chi connectivity index (χ1n) is 14.3. The van der Waals surface area contributed by atoms with Gasteiger partial charge in [-0.3, -0.25) is 9.59 Å². The molecule has 3 aromatic rings. The number of amides is 2. The van der Waals surface area contributed by atoms with Crippen LogP contribution in [0.3, 0.4) is 0 Å². The van der Waals surface area contributed by atoms with Gasteiger partial charge in [-0.05, 0) is 79.9 Å². The van der Waals surface area contributed by atoms with Gasteiger partial charge < -0.3 is 15.1 Å². The number of rotatable bonds is 10. The summed E-state index contributed by atoms with van der Waals surface area (Å²) in [7, 11) is -3.30. The van der Waals surface area contributed by atoms with Gasteiger partial charge in [0.15, 0.2) is 9.84 Å². The number of alkyl halides is 3. The summed E-state index contributed by atoms with van der Waals surface area (Å²) >= 11 is 0. The Hall–Kier alpha value is -3.86. The van der Waals surface area contributed by atoms with Crippen LogP contribution in [0.4, 0.5) is 18.9 Å². The molecule has 43 heavy (non-hydrogen) atoms. The molecule has 1 N–H and O–H groups in total. The molecule has 0 spiro atoms. The van der Waals surface area contributed by atoms with Crippen LogP contribution in [0.15, 0.2) is 77.7 Å². The molecule has 1 aliphatic heterocycles. The summed E-state index contributed by atoms with van der Waals surface area (Å²) in [6.45, 7) is 7.14. The predicted molar refractivity (Wildman–Crippen MR) is 160 cm³/mol. The first-order chi connectivity index (χ1) is 20.4. The van der Waals surface area contributed by atoms with E-state index in [0.29, 0.717) is 31.6 Å². The average Bonchev–Trinajstić information content (AvgIpc) is 3.46. The second-order valence-corrected chi connectivity index (χ2v) is 12.8. The third-order valence-corrected chi connectivity index (χ3v) is 9.70. The fraction of sp³-hybridized carbons (Fsp3) is 0.375. The molecule has 0 aromatic heterocycles. The third kappa shape index (κ3) is 7.38. The third-order valence-electron chi connectivity index (χ3n) is 7.95. The number of likely N-dealkylation sites (N-methyl/N-ethyl adjacent to an activating group) is 1. The van der Waals surface area contributed by atoms with Crippen molar-refractivity contribution in [2.75, 3.05) is 30.3 Å². The van der Waals surface area contributed by atoms with Crippen LogP contribution in [-0.2, 0) is 27.4 Å². The van der Waals surface area contributed by atoms with E-state index >= 15 is 0 Å². The zero-order chi connectivity index (χ0) is 31.4. The maximum atomic E-state index is 13.5. The summed E-state index contributed by atoms with van der Waals surface area (Å²) in [4.78, 5) is 30.3. The van der Waals surface area contributed by atoms with Crippen molar-refractivity contribution in [3.05, 3.63) is 95.1 Å². The number of carbonyl (C=O) groups excluding carboxylic acids is 2. The van der Waals surface area contributed by atoms with E-state index in [9.17, 15) is 31.2 Å². The van der Waals surface area contributed by atoms with E-state index in [-0.39, 0.29) is 34.9 Å². The molecule has 1 fully saturated rings. The highest BCUT2D eigenvalue weighted by molar-refractivity contribution is 7.91. The summed E-state index contributed by atoms with van der Waals surface area (Å²) in [5.41, 5.74) is 1.94. The molecule has 1 aliphatic rings. The monoisotopic (exact) mass is 615 g/mol. The van der Waals surface area contributed by atoms with E-state index in [0.717, 1.165) is 28.9 Å². The molecule has 1 saturated heterocycles. The minimum absolute atomic E-state index is 0.0105. The molecule has 2 atom stereocenters. The van der Waals surface area contributed by atoms with Gasteiger partial charge in [-0.25, -0.2) is 8.42 Å². The van der Waals surface area contributed by atoms with Crippen LogP contribution in [0.25, 0.3) is 0 Å². The molecule has 1 unspecified atom stereocenters. The van der Waals surface area contributed by atoms with Crippen molar-refractivity contribution < 1.29 is 31.2 Å². The van der Waals surface area contributed by atoms with Crippen LogP contribution >= 0.6 is 0 Å². The van der Waals surface area contributed by atoms with Gasteiger partial charge in [0.05, 0.1) is 16.2 Å². The van der Waals surface area contributed by atoms with Gasteiger partial charge in [-0.1, -0.05) is 31.2 Å². The smallest absolute Gasteiger partial charge is 0.359 e. The molecule has 0 aliphatic carbocycles. The van der Waals surface area contributed by atoms with Crippen molar-refractivity contribution >= 4 is 27.3 Å². The Bertz CT molecular complexity index is 1520. The first kappa shape index (κ1) is 32.1. The molecule has 1 heterocycles. The van der Waals surface area contributed by atoms with E-state index < -0.39 is 27.6 Å². The SMILES string of the molecule is CCN(CC)C(=O)[C@@H]1CC(c2ccc(C(F)(F)F)cc2)CN1c1ccc(C(=O)NCc2ccc(S(=O)(=O)CC)cc2)cc1. The second-order valence-electron chi connectivity index (χ2n) is 10.5. The van der Waals surface area contributed by atoms with Crippen LogP contribution < -0.4 is 10.2 Å². The van der Waals surface area contributed by atoms with Crippen molar-refractivity contribution in [3.8, 4) is 0 Å². The zero-order valence-electron chi connectivity index (χ0n) is 24.4. The normalized spacial score (nSPS) is 17.1. The van der Waals surface area contributed by atoms with Crippen molar-refractivity contribution in [1.29, 1.82) is 0 Å². The number of hydrogen-bond donors (Lipinski definition) is 1. The fourth-order valence-corrected chi connectivity index (χ4v) is 6.24. The van der Waals surface area contributed by atoms with Crippen molar-refractivity contribution in [2.45, 2.75) is 56.8 Å². The fourth-order valence-electron chi connectivity index (χ4n) is 5.36. The van der Waals surface area contributed by atoms with Gasteiger partial charge in [-0.15, -0.1) is 0 Å². The number of sulfone groups is 1. The molecule has 0 bridgehead atoms. The van der Waals surface area contributed by atoms with Crippen molar-refractivity contribution in [3.63, 3.8) is 0 Å². The quantitative estimate of drug-likeness (QED) is 0.318. The summed E-state index contributed by atoms with van der Waals surface area (Å²) < 4.78 is 63.3. The van der Waals surface area contributed by atoms with Crippen LogP contribution in [0.5, 0.6) is 0 Å². The molecule has 11 heteroatoms. The number of nitrogens with one attached hydrogen (secondary N) is 1. The Morgan fingerprint density at radius 2 is 1.51 bits per heavy atom. The number of benzene rings is 3. The minimum atomic E-state index is -4.42. The lowest BCUT2D eigenvalue weighted by Crippen LogP contribution is -2.45. The van der Waals surface area contributed by atoms with Gasteiger partial charge in [0, 0.05) is 43.3 Å². The zero-order valence-corrected chi connectivity index (χ0v) is 25.2. The molecule has 0 radical (unpaired) electrons. The van der Waals surface area contributed by atoms with Gasteiger partial charge in [0.2, 0.25) is 5.91 Å². The van der Waals surface area contributed by atoms with Crippen LogP contribution in [0.1, 0.15) is 60.2 Å². The Morgan fingerprint density at radius 3 is 2.05 bits per heavy atom. The van der Waals surface area contributed by atoms with Gasteiger partial charge in [0.25, 0.3) is 5.91 Å². The molecule has 0 saturated carbocycles. The molecule has 2 amide bonds. The highest BCUT2D eigenvalue weighted by Crippen LogP contribution is 2.37. The highest BCUT2D eigenvalue weighted by Gasteiger charge is 2.39. The minimum Gasteiger partial charge on any atom is -0.359 e. The van der Waals surface area contributed by atoms with Crippen LogP contribution in [0.2, 0.25) is 0 Å². The number of anilines is 1. The molecular weight excluding hydrogens is 579 g/mol. The number of halogens is 3. The van der Waals surface area contributed by atoms with Crippen molar-refractivity contribution in [1.82, 2.24) is 10.2 Å². The van der Waals surface area contributed by atoms with E-state index in [1.807, 2.05) is 18.7 Å². The summed E-state index contributed by atoms with van der Waals surface area (Å²) in [5.74, 6) is -0.486. The number of carbonyl (C=O) groups is 2. The van der Waals surface area contributed by atoms with Crippen molar-refractivity contribution in [2.24, 2.45) is 0 Å². The number of nitrogens with zero attached hydrogens (tertiary/aromatic N) is 2. The topological polar surface area (TPSA) is 86.8 Å². The standard InChI is InChI=1S/C32H36F3N3O4S/c1-4-37(5-2)31(40)29-19-25(23-9-13-26(14-10-23)32(33,34)35)21-38(29)27-15-11-24(12-16-27)30(39)36-20-22-7-17-28(18-8-22)43(41,42)6-3/h7-18,25,29H,4-6,19-21H2,1-3H3,(H,36,39)/t25?,29-/m0/s1. The van der Waals surface area contributed by atoms with E-state index in [1.165, 1.54) is 24.3 Å². The van der Waals surface area contributed by atoms with Gasteiger partial charge >= 0.3 is 6.18 Å². The average molecular weight is 616 g/mol. The van der Waals surface area contributed by atoms with Gasteiger partial charge in [-0.2, -0.15) is 13.2 Å². The molecule has 4 rings (SSSR count). The van der Waals surface area contributed by atoms with Gasteiger partial charge in [0.1, 0.15) is 6.04 Å². The van der Waals surface area contributed by atoms with E-state index in [1.54, 1.807) is 48.2 Å². The molecule has 3 aromatic carbocycles. The summed E-state index contributed by atoms with van der Waals surface area (Å²) in [6.07, 6.45) is -3.96. The summed E-state index contributed by atoms with van der Waals surface area (Å²) in [6, 6.07) is 17.9. The maximum absolute atomic E-state index is 13.5. The lowest BCUT2D eigenvalue weighted by Gasteiger charge is -2.30. The molecule has 7 nitrogen and oxygen atoms in total. The largest absolute Gasteiger partial charge is 0.416 e. The lowest BCUT2D eigenvalue weighted by atomic mass is 9.95. The summed E-state index contributed by atoms with van der Waals surface area (Å²) in [5, 5.41) is 2.83. The predicted octanol–water partition coefficient (Wildman–Crippen LogP) is 5.66. The van der Waals surface area contributed by atoms with Crippen LogP contribution in [-0.4, -0.2) is 56.6 Å². The molecular formula is C32H36F3N3O4S. The Kier molecular flexibility index (Phi) is 9.84. The Morgan fingerprint density at radius 1 is 0.907 bits per heavy atom. The number of hydrogen-bond acceptors (Lipinski definition) is 5. The maximum Gasteiger partial charge on any atom is 0.416 e. The highest BCUT2D eigenvalue weighted by atomic mass is 32.2. The lowest BCUT2D eigenvalue weighted by molar-refractivity contribution is -0.137. The first-order valence-corrected chi connectivity index (χ1v) is 16.0.